The largest absolute Gasteiger partial charge is 0.495 e. The van der Waals surface area contributed by atoms with Crippen LogP contribution >= 0.6 is 11.6 Å². The minimum absolute atomic E-state index is 0.307. The number of benzene rings is 2. The zero-order valence-electron chi connectivity index (χ0n) is 13.5. The summed E-state index contributed by atoms with van der Waals surface area (Å²) in [5.74, 6) is -0.823. The first kappa shape index (κ1) is 17.6. The lowest BCUT2D eigenvalue weighted by molar-refractivity contribution is -0.133. The Bertz CT molecular complexity index is 712. The summed E-state index contributed by atoms with van der Waals surface area (Å²) < 4.78 is 10.3. The molecule has 126 valence electrons. The van der Waals surface area contributed by atoms with E-state index >= 15 is 0 Å². The predicted molar refractivity (Wildman–Crippen MR) is 93.0 cm³/mol. The van der Waals surface area contributed by atoms with Gasteiger partial charge in [-0.25, -0.2) is 0 Å². The number of nitrogens with one attached hydrogen (secondary N) is 2. The number of methoxy groups -OCH3 is 2. The first-order valence-corrected chi connectivity index (χ1v) is 7.43. The molecular formula is C17H17ClN2O4. The zero-order chi connectivity index (χ0) is 17.7. The summed E-state index contributed by atoms with van der Waals surface area (Å²) in [5.41, 5.74) is 1.64. The van der Waals surface area contributed by atoms with Crippen molar-refractivity contribution in [2.75, 3.05) is 24.9 Å². The van der Waals surface area contributed by atoms with E-state index in [9.17, 15) is 9.59 Å². The van der Waals surface area contributed by atoms with Crippen LogP contribution in [-0.4, -0.2) is 26.0 Å². The molecule has 0 spiro atoms. The van der Waals surface area contributed by atoms with Crippen LogP contribution in [0.4, 0.5) is 11.4 Å². The molecule has 0 unspecified atom stereocenters. The number of carbonyl (C=O) groups excluding carboxylic acids is 2. The highest BCUT2D eigenvalue weighted by atomic mass is 35.5. The molecule has 0 radical (unpaired) electrons. The van der Waals surface area contributed by atoms with E-state index in [0.29, 0.717) is 27.9 Å². The smallest absolute Gasteiger partial charge is 0.314 e. The predicted octanol–water partition coefficient (Wildman–Crippen LogP) is 3.24. The minimum Gasteiger partial charge on any atom is -0.495 e. The third kappa shape index (κ3) is 4.17. The molecule has 2 N–H and O–H groups in total. The first-order chi connectivity index (χ1) is 11.4. The average Bonchev–Trinajstić information content (AvgIpc) is 2.55. The fourth-order valence-electron chi connectivity index (χ4n) is 2.06. The van der Waals surface area contributed by atoms with Crippen LogP contribution in [0, 0.1) is 6.92 Å². The van der Waals surface area contributed by atoms with E-state index in [1.807, 2.05) is 13.0 Å². The number of halogens is 1. The van der Waals surface area contributed by atoms with Crippen molar-refractivity contribution in [2.45, 2.75) is 6.92 Å². The Kier molecular flexibility index (Phi) is 5.65. The van der Waals surface area contributed by atoms with Crippen LogP contribution in [0.1, 0.15) is 5.56 Å². The molecular weight excluding hydrogens is 332 g/mol. The van der Waals surface area contributed by atoms with Crippen LogP contribution in [-0.2, 0) is 9.59 Å². The van der Waals surface area contributed by atoms with Gasteiger partial charge in [0, 0.05) is 5.02 Å². The van der Waals surface area contributed by atoms with Crippen molar-refractivity contribution >= 4 is 34.8 Å². The van der Waals surface area contributed by atoms with Gasteiger partial charge in [0.1, 0.15) is 11.5 Å². The van der Waals surface area contributed by atoms with Crippen molar-refractivity contribution < 1.29 is 19.1 Å². The molecule has 2 rings (SSSR count). The van der Waals surface area contributed by atoms with Crippen molar-refractivity contribution in [2.24, 2.45) is 0 Å². The van der Waals surface area contributed by atoms with Crippen LogP contribution < -0.4 is 20.1 Å². The van der Waals surface area contributed by atoms with Gasteiger partial charge in [0.05, 0.1) is 25.6 Å². The lowest BCUT2D eigenvalue weighted by atomic mass is 10.2. The van der Waals surface area contributed by atoms with Gasteiger partial charge in [-0.1, -0.05) is 17.7 Å². The van der Waals surface area contributed by atoms with Gasteiger partial charge in [-0.2, -0.15) is 0 Å². The molecule has 6 nitrogen and oxygen atoms in total. The molecule has 24 heavy (non-hydrogen) atoms. The number of ether oxygens (including phenoxy) is 2. The van der Waals surface area contributed by atoms with Gasteiger partial charge in [-0.3, -0.25) is 9.59 Å². The van der Waals surface area contributed by atoms with Crippen LogP contribution in [0.15, 0.2) is 36.4 Å². The SMILES string of the molecule is COc1ccc(C)cc1NC(=O)C(=O)Nc1cc(Cl)ccc1OC. The van der Waals surface area contributed by atoms with E-state index < -0.39 is 11.8 Å². The van der Waals surface area contributed by atoms with Crippen LogP contribution in [0.25, 0.3) is 0 Å². The molecule has 2 amide bonds. The molecule has 0 aliphatic carbocycles. The van der Waals surface area contributed by atoms with Crippen molar-refractivity contribution in [3.8, 4) is 11.5 Å². The van der Waals surface area contributed by atoms with Gasteiger partial charge in [-0.15, -0.1) is 0 Å². The summed E-state index contributed by atoms with van der Waals surface area (Å²) in [6.45, 7) is 1.87. The molecule has 0 atom stereocenters. The minimum atomic E-state index is -0.848. The number of amides is 2. The molecule has 2 aromatic rings. The maximum absolute atomic E-state index is 12.1. The average molecular weight is 349 g/mol. The highest BCUT2D eigenvalue weighted by Gasteiger charge is 2.18. The molecule has 0 aromatic heterocycles. The van der Waals surface area contributed by atoms with Gasteiger partial charge in [-0.05, 0) is 42.8 Å². The molecule has 0 saturated carbocycles. The number of carbonyl (C=O) groups is 2. The number of rotatable bonds is 4. The Hall–Kier alpha value is -2.73. The standard InChI is InChI=1S/C17H17ClN2O4/c1-10-4-6-14(23-2)12(8-10)19-16(21)17(22)20-13-9-11(18)5-7-15(13)24-3/h4-9H,1-3H3,(H,19,21)(H,20,22). The van der Waals surface area contributed by atoms with Gasteiger partial charge in [0.2, 0.25) is 0 Å². The Balaban J connectivity index is 2.15. The van der Waals surface area contributed by atoms with Crippen molar-refractivity contribution in [1.82, 2.24) is 0 Å². The second-order valence-electron chi connectivity index (χ2n) is 4.96. The van der Waals surface area contributed by atoms with E-state index in [-0.39, 0.29) is 0 Å². The third-order valence-electron chi connectivity index (χ3n) is 3.22. The summed E-state index contributed by atoms with van der Waals surface area (Å²) in [6, 6.07) is 9.98. The molecule has 7 heteroatoms. The summed E-state index contributed by atoms with van der Waals surface area (Å²) in [5, 5.41) is 5.41. The number of aryl methyl sites for hydroxylation is 1. The maximum atomic E-state index is 12.1. The van der Waals surface area contributed by atoms with Gasteiger partial charge in [0.15, 0.2) is 0 Å². The monoisotopic (exact) mass is 348 g/mol. The Morgan fingerprint density at radius 1 is 0.875 bits per heavy atom. The number of hydrogen-bond acceptors (Lipinski definition) is 4. The first-order valence-electron chi connectivity index (χ1n) is 7.05. The quantitative estimate of drug-likeness (QED) is 0.831. The van der Waals surface area contributed by atoms with E-state index in [0.717, 1.165) is 5.56 Å². The van der Waals surface area contributed by atoms with Crippen molar-refractivity contribution in [3.63, 3.8) is 0 Å². The second kappa shape index (κ2) is 7.70. The molecule has 0 fully saturated rings. The summed E-state index contributed by atoms with van der Waals surface area (Å²) in [7, 11) is 2.94. The van der Waals surface area contributed by atoms with E-state index in [4.69, 9.17) is 21.1 Å². The van der Waals surface area contributed by atoms with E-state index in [2.05, 4.69) is 10.6 Å². The summed E-state index contributed by atoms with van der Waals surface area (Å²) in [4.78, 5) is 24.2. The Labute approximate surface area is 144 Å². The lowest BCUT2D eigenvalue weighted by Gasteiger charge is -2.12. The van der Waals surface area contributed by atoms with Crippen LogP contribution in [0.2, 0.25) is 5.02 Å². The van der Waals surface area contributed by atoms with Crippen molar-refractivity contribution in [3.05, 3.63) is 47.0 Å². The van der Waals surface area contributed by atoms with E-state index in [1.54, 1.807) is 24.3 Å². The molecule has 2 aromatic carbocycles. The fourth-order valence-corrected chi connectivity index (χ4v) is 2.23. The molecule has 0 aliphatic heterocycles. The highest BCUT2D eigenvalue weighted by Crippen LogP contribution is 2.28. The molecule has 0 heterocycles. The van der Waals surface area contributed by atoms with Crippen LogP contribution in [0.5, 0.6) is 11.5 Å². The van der Waals surface area contributed by atoms with Crippen LogP contribution in [0.3, 0.4) is 0 Å². The Morgan fingerprint density at radius 2 is 1.38 bits per heavy atom. The topological polar surface area (TPSA) is 76.7 Å². The molecule has 0 bridgehead atoms. The second-order valence-corrected chi connectivity index (χ2v) is 5.39. The number of hydrogen-bond donors (Lipinski definition) is 2. The van der Waals surface area contributed by atoms with Gasteiger partial charge >= 0.3 is 11.8 Å². The van der Waals surface area contributed by atoms with Gasteiger partial charge < -0.3 is 20.1 Å². The van der Waals surface area contributed by atoms with Crippen molar-refractivity contribution in [1.29, 1.82) is 0 Å². The Morgan fingerprint density at radius 3 is 1.92 bits per heavy atom. The molecule has 0 aliphatic rings. The fraction of sp³-hybridized carbons (Fsp3) is 0.176. The normalized spacial score (nSPS) is 10.0. The van der Waals surface area contributed by atoms with Gasteiger partial charge in [0.25, 0.3) is 0 Å². The number of anilines is 2. The third-order valence-corrected chi connectivity index (χ3v) is 3.45. The zero-order valence-corrected chi connectivity index (χ0v) is 14.2. The highest BCUT2D eigenvalue weighted by molar-refractivity contribution is 6.44. The maximum Gasteiger partial charge on any atom is 0.314 e. The summed E-state index contributed by atoms with van der Waals surface area (Å²) >= 11 is 5.90. The summed E-state index contributed by atoms with van der Waals surface area (Å²) in [6.07, 6.45) is 0. The lowest BCUT2D eigenvalue weighted by Crippen LogP contribution is -2.29. The molecule has 0 saturated heterocycles. The van der Waals surface area contributed by atoms with E-state index in [1.165, 1.54) is 20.3 Å².